The van der Waals surface area contributed by atoms with Crippen LogP contribution in [0, 0.1) is 17.1 Å². The molecule has 0 N–H and O–H groups in total. The number of anilines is 2. The zero-order valence-corrected chi connectivity index (χ0v) is 21.7. The van der Waals surface area contributed by atoms with Gasteiger partial charge < -0.3 is 4.90 Å². The molecule has 3 aromatic carbocycles. The van der Waals surface area contributed by atoms with Crippen LogP contribution in [0.5, 0.6) is 0 Å². The van der Waals surface area contributed by atoms with Crippen molar-refractivity contribution in [3.8, 4) is 6.07 Å². The third-order valence-corrected chi connectivity index (χ3v) is 7.22. The quantitative estimate of drug-likeness (QED) is 0.238. The van der Waals surface area contributed by atoms with Crippen LogP contribution in [0.1, 0.15) is 51.3 Å². The molecule has 0 unspecified atom stereocenters. The van der Waals surface area contributed by atoms with Gasteiger partial charge in [-0.2, -0.15) is 18.4 Å². The van der Waals surface area contributed by atoms with E-state index in [1.54, 1.807) is 12.1 Å². The number of benzene rings is 3. The highest BCUT2D eigenvalue weighted by molar-refractivity contribution is 7.81. The molecule has 12 heteroatoms. The number of imide groups is 1. The highest BCUT2D eigenvalue weighted by atomic mass is 32.1. The number of alkyl halides is 3. The molecule has 0 saturated carbocycles. The van der Waals surface area contributed by atoms with E-state index < -0.39 is 46.4 Å². The molecule has 2 aliphatic rings. The molecule has 0 spiro atoms. The van der Waals surface area contributed by atoms with E-state index in [9.17, 15) is 27.6 Å². The maximum absolute atomic E-state index is 15.3. The standard InChI is InChI=1S/C28H18F4N4O3S/c1-27(2)25(39)35(17-9-7-15(13-33)21(11-17)28(30,31)32)26(40)36(27)18-10-8-16(22(29)12-18)14-34-23(37)19-5-3-4-6-20(19)24(34)38/h3-12H,14H2,1-2H3. The fourth-order valence-electron chi connectivity index (χ4n) is 4.82. The zero-order valence-electron chi connectivity index (χ0n) is 20.9. The molecule has 2 heterocycles. The Morgan fingerprint density at radius 2 is 1.52 bits per heavy atom. The van der Waals surface area contributed by atoms with Crippen molar-refractivity contribution in [2.45, 2.75) is 32.1 Å². The molecular formula is C28H18F4N4O3S. The molecule has 0 aromatic heterocycles. The van der Waals surface area contributed by atoms with Crippen LogP contribution in [0.3, 0.4) is 0 Å². The molecule has 3 aromatic rings. The summed E-state index contributed by atoms with van der Waals surface area (Å²) in [5.74, 6) is -2.54. The van der Waals surface area contributed by atoms with E-state index in [1.807, 2.05) is 0 Å². The van der Waals surface area contributed by atoms with Crippen molar-refractivity contribution in [3.63, 3.8) is 0 Å². The minimum Gasteiger partial charge on any atom is -0.303 e. The summed E-state index contributed by atoms with van der Waals surface area (Å²) in [6.07, 6.45) is -4.85. The topological polar surface area (TPSA) is 84.7 Å². The van der Waals surface area contributed by atoms with Crippen molar-refractivity contribution in [1.82, 2.24) is 4.90 Å². The number of nitriles is 1. The van der Waals surface area contributed by atoms with Gasteiger partial charge in [0.15, 0.2) is 5.11 Å². The average Bonchev–Trinajstić information content (AvgIpc) is 3.24. The van der Waals surface area contributed by atoms with Gasteiger partial charge in [-0.1, -0.05) is 18.2 Å². The van der Waals surface area contributed by atoms with Gasteiger partial charge in [-0.15, -0.1) is 0 Å². The number of carbonyl (C=O) groups is 3. The van der Waals surface area contributed by atoms with Gasteiger partial charge in [0.2, 0.25) is 0 Å². The number of hydrogen-bond acceptors (Lipinski definition) is 5. The third-order valence-electron chi connectivity index (χ3n) is 6.86. The summed E-state index contributed by atoms with van der Waals surface area (Å²) >= 11 is 5.48. The Hall–Kier alpha value is -4.63. The van der Waals surface area contributed by atoms with E-state index in [1.165, 1.54) is 55.1 Å². The van der Waals surface area contributed by atoms with Crippen LogP contribution >= 0.6 is 12.2 Å². The van der Waals surface area contributed by atoms with Crippen LogP contribution in [0.2, 0.25) is 0 Å². The molecule has 0 bridgehead atoms. The predicted molar refractivity (Wildman–Crippen MR) is 140 cm³/mol. The number of nitrogens with zero attached hydrogens (tertiary/aromatic N) is 4. The second kappa shape index (κ2) is 9.24. The predicted octanol–water partition coefficient (Wildman–Crippen LogP) is 5.43. The first-order chi connectivity index (χ1) is 18.8. The van der Waals surface area contributed by atoms with Gasteiger partial charge >= 0.3 is 6.18 Å². The van der Waals surface area contributed by atoms with Gasteiger partial charge in [0.25, 0.3) is 17.7 Å². The minimum absolute atomic E-state index is 0.0336. The number of fused-ring (bicyclic) bond motifs is 1. The summed E-state index contributed by atoms with van der Waals surface area (Å²) in [5, 5.41) is 8.89. The molecule has 0 radical (unpaired) electrons. The lowest BCUT2D eigenvalue weighted by molar-refractivity contribution is -0.137. The van der Waals surface area contributed by atoms with E-state index >= 15 is 4.39 Å². The Morgan fingerprint density at radius 3 is 2.08 bits per heavy atom. The maximum Gasteiger partial charge on any atom is 0.417 e. The van der Waals surface area contributed by atoms with Crippen molar-refractivity contribution < 1.29 is 31.9 Å². The first-order valence-corrected chi connectivity index (χ1v) is 12.2. The number of rotatable bonds is 4. The second-order valence-corrected chi connectivity index (χ2v) is 10.0. The summed E-state index contributed by atoms with van der Waals surface area (Å²) in [7, 11) is 0. The molecule has 1 fully saturated rings. The normalized spacial score (nSPS) is 16.6. The van der Waals surface area contributed by atoms with Crippen LogP contribution in [0.4, 0.5) is 28.9 Å². The minimum atomic E-state index is -4.85. The van der Waals surface area contributed by atoms with Crippen molar-refractivity contribution in [3.05, 3.63) is 94.3 Å². The summed E-state index contributed by atoms with van der Waals surface area (Å²) in [5.41, 5.74) is -2.82. The van der Waals surface area contributed by atoms with Gasteiger partial charge in [-0.3, -0.25) is 24.2 Å². The van der Waals surface area contributed by atoms with Crippen LogP contribution in [0.25, 0.3) is 0 Å². The fourth-order valence-corrected chi connectivity index (χ4v) is 5.34. The molecular weight excluding hydrogens is 548 g/mol. The first-order valence-electron chi connectivity index (χ1n) is 11.8. The number of carbonyl (C=O) groups excluding carboxylic acids is 3. The molecule has 202 valence electrons. The largest absolute Gasteiger partial charge is 0.417 e. The summed E-state index contributed by atoms with van der Waals surface area (Å²) in [6.45, 7) is 2.64. The average molecular weight is 567 g/mol. The lowest BCUT2D eigenvalue weighted by atomic mass is 10.0. The Bertz CT molecular complexity index is 1640. The number of hydrogen-bond donors (Lipinski definition) is 0. The first kappa shape index (κ1) is 27.0. The smallest absolute Gasteiger partial charge is 0.303 e. The number of halogens is 4. The van der Waals surface area contributed by atoms with Crippen molar-refractivity contribution in [2.75, 3.05) is 9.80 Å². The van der Waals surface area contributed by atoms with Crippen molar-refractivity contribution >= 4 is 46.4 Å². The molecule has 0 atom stereocenters. The van der Waals surface area contributed by atoms with E-state index in [2.05, 4.69) is 0 Å². The van der Waals surface area contributed by atoms with Crippen molar-refractivity contribution in [1.29, 1.82) is 5.26 Å². The monoisotopic (exact) mass is 566 g/mol. The lowest BCUT2D eigenvalue weighted by Crippen LogP contribution is -2.44. The van der Waals surface area contributed by atoms with Crippen LogP contribution < -0.4 is 9.80 Å². The van der Waals surface area contributed by atoms with Gasteiger partial charge in [-0.25, -0.2) is 4.39 Å². The van der Waals surface area contributed by atoms with E-state index in [-0.39, 0.29) is 39.7 Å². The zero-order chi connectivity index (χ0) is 29.1. The van der Waals surface area contributed by atoms with Crippen molar-refractivity contribution in [2.24, 2.45) is 0 Å². The van der Waals surface area contributed by atoms with Crippen LogP contribution in [-0.4, -0.2) is 33.3 Å². The molecule has 5 rings (SSSR count). The molecule has 0 aliphatic carbocycles. The van der Waals surface area contributed by atoms with Gasteiger partial charge in [0.1, 0.15) is 11.4 Å². The fraction of sp³-hybridized carbons (Fsp3) is 0.179. The Kier molecular flexibility index (Phi) is 6.22. The number of amides is 3. The van der Waals surface area contributed by atoms with Gasteiger partial charge in [0.05, 0.1) is 40.6 Å². The molecule has 2 aliphatic heterocycles. The summed E-state index contributed by atoms with van der Waals surface area (Å²) in [4.78, 5) is 41.9. The second-order valence-electron chi connectivity index (χ2n) is 9.67. The molecule has 1 saturated heterocycles. The summed E-state index contributed by atoms with van der Waals surface area (Å²) in [6, 6.07) is 14.4. The van der Waals surface area contributed by atoms with Gasteiger partial charge in [0, 0.05) is 11.3 Å². The highest BCUT2D eigenvalue weighted by Gasteiger charge is 2.51. The highest BCUT2D eigenvalue weighted by Crippen LogP contribution is 2.40. The van der Waals surface area contributed by atoms with E-state index in [4.69, 9.17) is 17.5 Å². The maximum atomic E-state index is 15.3. The lowest BCUT2D eigenvalue weighted by Gasteiger charge is -2.29. The SMILES string of the molecule is CC1(C)C(=O)N(c2ccc(C#N)c(C(F)(F)F)c2)C(=S)N1c1ccc(CN2C(=O)c3ccccc3C2=O)c(F)c1. The molecule has 40 heavy (non-hydrogen) atoms. The van der Waals surface area contributed by atoms with E-state index in [0.717, 1.165) is 21.9 Å². The Labute approximate surface area is 230 Å². The number of thiocarbonyl (C=S) groups is 1. The molecule has 3 amide bonds. The van der Waals surface area contributed by atoms with Gasteiger partial charge in [-0.05, 0) is 68.5 Å². The van der Waals surface area contributed by atoms with Crippen LogP contribution in [-0.2, 0) is 17.5 Å². The molecule has 7 nitrogen and oxygen atoms in total. The van der Waals surface area contributed by atoms with Crippen LogP contribution in [0.15, 0.2) is 60.7 Å². The Morgan fingerprint density at radius 1 is 0.925 bits per heavy atom. The third kappa shape index (κ3) is 4.10. The summed E-state index contributed by atoms with van der Waals surface area (Å²) < 4.78 is 56.0. The van der Waals surface area contributed by atoms with E-state index in [0.29, 0.717) is 6.07 Å². The Balaban J connectivity index is 1.46.